The minimum atomic E-state index is -0.0951. The van der Waals surface area contributed by atoms with Crippen LogP contribution in [0.4, 0.5) is 0 Å². The Morgan fingerprint density at radius 3 is 2.56 bits per heavy atom. The van der Waals surface area contributed by atoms with Gasteiger partial charge in [-0.05, 0) is 27.8 Å². The number of aryl methyl sites for hydroxylation is 1. The number of nitrogens with zero attached hydrogens (tertiary/aromatic N) is 2. The predicted molar refractivity (Wildman–Crippen MR) is 63.2 cm³/mol. The summed E-state index contributed by atoms with van der Waals surface area (Å²) < 4.78 is 0. The molecular weight excluding hydrogens is 204 g/mol. The van der Waals surface area contributed by atoms with Crippen LogP contribution in [0.25, 0.3) is 0 Å². The zero-order chi connectivity index (χ0) is 12.3. The van der Waals surface area contributed by atoms with Crippen molar-refractivity contribution in [2.24, 2.45) is 0 Å². The van der Waals surface area contributed by atoms with Crippen molar-refractivity contribution >= 4 is 0 Å². The smallest absolute Gasteiger partial charge is 0.141 e. The third-order valence-corrected chi connectivity index (χ3v) is 2.89. The first-order valence-electron chi connectivity index (χ1n) is 5.44. The van der Waals surface area contributed by atoms with Crippen molar-refractivity contribution in [1.82, 2.24) is 9.88 Å². The highest BCUT2D eigenvalue weighted by Gasteiger charge is 2.14. The van der Waals surface area contributed by atoms with Gasteiger partial charge in [0, 0.05) is 29.9 Å². The van der Waals surface area contributed by atoms with Gasteiger partial charge in [-0.15, -0.1) is 0 Å². The summed E-state index contributed by atoms with van der Waals surface area (Å²) in [6, 6.07) is 0.388. The second-order valence-corrected chi connectivity index (χ2v) is 4.36. The summed E-state index contributed by atoms with van der Waals surface area (Å²) in [6.07, 6.45) is 1.62. The Bertz CT molecular complexity index is 364. The van der Waals surface area contributed by atoms with Crippen molar-refractivity contribution in [1.29, 1.82) is 0 Å². The summed E-state index contributed by atoms with van der Waals surface area (Å²) >= 11 is 0. The molecule has 0 aromatic carbocycles. The molecule has 0 radical (unpaired) electrons. The number of hydrogen-bond acceptors (Lipinski definition) is 4. The number of rotatable bonds is 4. The number of hydrogen-bond donors (Lipinski definition) is 2. The third kappa shape index (κ3) is 2.71. The third-order valence-electron chi connectivity index (χ3n) is 2.89. The fourth-order valence-corrected chi connectivity index (χ4v) is 1.43. The average Bonchev–Trinajstić information content (AvgIpc) is 2.25. The van der Waals surface area contributed by atoms with Crippen LogP contribution in [0.1, 0.15) is 30.7 Å². The fourth-order valence-electron chi connectivity index (χ4n) is 1.43. The van der Waals surface area contributed by atoms with Gasteiger partial charge in [-0.3, -0.25) is 9.88 Å². The highest BCUT2D eigenvalue weighted by molar-refractivity contribution is 5.40. The van der Waals surface area contributed by atoms with Gasteiger partial charge in [0.25, 0.3) is 0 Å². The molecule has 2 N–H and O–H groups in total. The Labute approximate surface area is 96.6 Å². The van der Waals surface area contributed by atoms with Crippen molar-refractivity contribution in [2.45, 2.75) is 40.0 Å². The molecule has 0 atom stereocenters. The number of aliphatic hydroxyl groups excluding tert-OH is 1. The lowest BCUT2D eigenvalue weighted by molar-refractivity contribution is 0.250. The van der Waals surface area contributed by atoms with Gasteiger partial charge in [0.05, 0.1) is 12.3 Å². The zero-order valence-electron chi connectivity index (χ0n) is 10.4. The van der Waals surface area contributed by atoms with E-state index in [4.69, 9.17) is 0 Å². The van der Waals surface area contributed by atoms with E-state index >= 15 is 0 Å². The largest absolute Gasteiger partial charge is 0.506 e. The van der Waals surface area contributed by atoms with Crippen LogP contribution in [0.15, 0.2) is 6.20 Å². The normalized spacial score (nSPS) is 11.4. The standard InChI is InChI=1S/C12H20N2O2/c1-8(2)14(4)6-11-10(7-15)5-13-9(3)12(11)16/h5,8,15-16H,6-7H2,1-4H3. The van der Waals surface area contributed by atoms with Crippen molar-refractivity contribution in [3.05, 3.63) is 23.0 Å². The van der Waals surface area contributed by atoms with Crippen LogP contribution in [0.2, 0.25) is 0 Å². The molecule has 1 aromatic heterocycles. The first kappa shape index (κ1) is 12.9. The molecular formula is C12H20N2O2. The molecule has 0 saturated heterocycles. The highest BCUT2D eigenvalue weighted by Crippen LogP contribution is 2.25. The van der Waals surface area contributed by atoms with E-state index in [0.717, 1.165) is 5.56 Å². The first-order chi connectivity index (χ1) is 7.47. The average molecular weight is 224 g/mol. The van der Waals surface area contributed by atoms with Crippen LogP contribution >= 0.6 is 0 Å². The van der Waals surface area contributed by atoms with Crippen LogP contribution < -0.4 is 0 Å². The molecule has 1 rings (SSSR count). The Kier molecular flexibility index (Phi) is 4.26. The minimum absolute atomic E-state index is 0.0951. The van der Waals surface area contributed by atoms with Gasteiger partial charge >= 0.3 is 0 Å². The van der Waals surface area contributed by atoms with Gasteiger partial charge in [0.2, 0.25) is 0 Å². The summed E-state index contributed by atoms with van der Waals surface area (Å²) in [7, 11) is 1.99. The van der Waals surface area contributed by atoms with Gasteiger partial charge in [0.15, 0.2) is 0 Å². The van der Waals surface area contributed by atoms with E-state index in [1.165, 1.54) is 0 Å². The highest BCUT2D eigenvalue weighted by atomic mass is 16.3. The van der Waals surface area contributed by atoms with Crippen LogP contribution in [-0.4, -0.2) is 33.2 Å². The molecule has 0 unspecified atom stereocenters. The van der Waals surface area contributed by atoms with E-state index in [9.17, 15) is 10.2 Å². The molecule has 4 heteroatoms. The maximum Gasteiger partial charge on any atom is 0.141 e. The quantitative estimate of drug-likeness (QED) is 0.812. The van der Waals surface area contributed by atoms with Gasteiger partial charge in [-0.1, -0.05) is 0 Å². The van der Waals surface area contributed by atoms with E-state index in [2.05, 4.69) is 23.7 Å². The molecule has 0 aliphatic rings. The topological polar surface area (TPSA) is 56.6 Å². The second kappa shape index (κ2) is 5.27. The molecule has 0 amide bonds. The van der Waals surface area contributed by atoms with Crippen LogP contribution in [0.3, 0.4) is 0 Å². The van der Waals surface area contributed by atoms with E-state index in [1.54, 1.807) is 13.1 Å². The number of aromatic nitrogens is 1. The Morgan fingerprint density at radius 2 is 2.06 bits per heavy atom. The van der Waals surface area contributed by atoms with Crippen molar-refractivity contribution in [3.8, 4) is 5.75 Å². The number of pyridine rings is 1. The lowest BCUT2D eigenvalue weighted by Crippen LogP contribution is -2.26. The van der Waals surface area contributed by atoms with Gasteiger partial charge in [-0.2, -0.15) is 0 Å². The Morgan fingerprint density at radius 1 is 1.44 bits per heavy atom. The van der Waals surface area contributed by atoms with Gasteiger partial charge < -0.3 is 10.2 Å². The summed E-state index contributed by atoms with van der Waals surface area (Å²) in [5.74, 6) is 0.194. The summed E-state index contributed by atoms with van der Waals surface area (Å²) in [4.78, 5) is 6.14. The maximum absolute atomic E-state index is 9.94. The molecule has 0 spiro atoms. The zero-order valence-corrected chi connectivity index (χ0v) is 10.4. The number of aromatic hydroxyl groups is 1. The van der Waals surface area contributed by atoms with E-state index in [-0.39, 0.29) is 12.4 Å². The second-order valence-electron chi connectivity index (χ2n) is 4.36. The van der Waals surface area contributed by atoms with Crippen molar-refractivity contribution < 1.29 is 10.2 Å². The lowest BCUT2D eigenvalue weighted by Gasteiger charge is -2.23. The summed E-state index contributed by atoms with van der Waals surface area (Å²) in [5.41, 5.74) is 2.06. The molecule has 0 aliphatic heterocycles. The molecule has 1 aromatic rings. The van der Waals surface area contributed by atoms with E-state index < -0.39 is 0 Å². The molecule has 0 bridgehead atoms. The van der Waals surface area contributed by atoms with Crippen molar-refractivity contribution in [3.63, 3.8) is 0 Å². The van der Waals surface area contributed by atoms with Gasteiger partial charge in [0.1, 0.15) is 5.75 Å². The minimum Gasteiger partial charge on any atom is -0.506 e. The molecule has 1 heterocycles. The predicted octanol–water partition coefficient (Wildman–Crippen LogP) is 1.43. The Balaban J connectivity index is 3.05. The Hall–Kier alpha value is -1.13. The molecule has 4 nitrogen and oxygen atoms in total. The molecule has 0 aliphatic carbocycles. The van der Waals surface area contributed by atoms with E-state index in [1.807, 2.05) is 7.05 Å². The summed E-state index contributed by atoms with van der Waals surface area (Å²) in [5, 5.41) is 19.2. The lowest BCUT2D eigenvalue weighted by atomic mass is 10.1. The van der Waals surface area contributed by atoms with Crippen molar-refractivity contribution in [2.75, 3.05) is 7.05 Å². The summed E-state index contributed by atoms with van der Waals surface area (Å²) in [6.45, 7) is 6.45. The molecule has 0 fully saturated rings. The van der Waals surface area contributed by atoms with Gasteiger partial charge in [-0.25, -0.2) is 0 Å². The molecule has 16 heavy (non-hydrogen) atoms. The first-order valence-corrected chi connectivity index (χ1v) is 5.44. The fraction of sp³-hybridized carbons (Fsp3) is 0.583. The monoisotopic (exact) mass is 224 g/mol. The van der Waals surface area contributed by atoms with Crippen LogP contribution in [-0.2, 0) is 13.2 Å². The van der Waals surface area contributed by atoms with Crippen LogP contribution in [0.5, 0.6) is 5.75 Å². The molecule has 90 valence electrons. The molecule has 0 saturated carbocycles. The maximum atomic E-state index is 9.94. The SMILES string of the molecule is Cc1ncc(CO)c(CN(C)C(C)C)c1O. The van der Waals surface area contributed by atoms with Crippen LogP contribution in [0, 0.1) is 6.92 Å². The van der Waals surface area contributed by atoms with E-state index in [0.29, 0.717) is 23.8 Å². The number of aliphatic hydroxyl groups is 1.